The van der Waals surface area contributed by atoms with Crippen molar-refractivity contribution in [3.8, 4) is 0 Å². The zero-order valence-corrected chi connectivity index (χ0v) is 16.5. The molecule has 0 atom stereocenters. The number of fused-ring (bicyclic) bond motifs is 1. The van der Waals surface area contributed by atoms with Crippen molar-refractivity contribution >= 4 is 45.9 Å². The number of aromatic nitrogens is 2. The molecular weight excluding hydrogens is 391 g/mol. The van der Waals surface area contributed by atoms with Crippen LogP contribution >= 0.6 is 23.2 Å². The summed E-state index contributed by atoms with van der Waals surface area (Å²) >= 11 is 12.6. The highest BCUT2D eigenvalue weighted by Gasteiger charge is 2.10. The molecule has 0 aliphatic carbocycles. The van der Waals surface area contributed by atoms with Gasteiger partial charge in [0, 0.05) is 23.1 Å². The number of halogens is 2. The molecule has 0 fully saturated rings. The number of hydrogen-bond acceptors (Lipinski definition) is 4. The molecule has 4 aromatic rings. The van der Waals surface area contributed by atoms with Gasteiger partial charge >= 0.3 is 0 Å². The highest BCUT2D eigenvalue weighted by molar-refractivity contribution is 6.31. The minimum atomic E-state index is 0.549. The van der Waals surface area contributed by atoms with E-state index in [4.69, 9.17) is 33.2 Å². The predicted molar refractivity (Wildman–Crippen MR) is 117 cm³/mol. The van der Waals surface area contributed by atoms with Crippen LogP contribution in [0, 0.1) is 0 Å². The molecule has 4 rings (SSSR count). The molecule has 140 valence electrons. The van der Waals surface area contributed by atoms with Crippen molar-refractivity contribution in [2.75, 3.05) is 10.6 Å². The van der Waals surface area contributed by atoms with Gasteiger partial charge < -0.3 is 10.6 Å². The Balaban J connectivity index is 1.62. The maximum atomic E-state index is 6.28. The van der Waals surface area contributed by atoms with Crippen LogP contribution in [0.3, 0.4) is 0 Å². The van der Waals surface area contributed by atoms with Gasteiger partial charge in [-0.15, -0.1) is 0 Å². The SMILES string of the molecule is Clc1ccccc1CNc1nc2ccccc2nc1NCc1ccccc1Cl. The van der Waals surface area contributed by atoms with Gasteiger partial charge in [0.1, 0.15) is 0 Å². The maximum Gasteiger partial charge on any atom is 0.170 e. The van der Waals surface area contributed by atoms with Crippen molar-refractivity contribution in [3.05, 3.63) is 94.0 Å². The minimum absolute atomic E-state index is 0.549. The van der Waals surface area contributed by atoms with Crippen LogP contribution in [-0.2, 0) is 13.1 Å². The number of rotatable bonds is 6. The standard InChI is InChI=1S/C22H18Cl2N4/c23-17-9-3-1-7-15(17)13-25-21-22(26-14-16-8-2-4-10-18(16)24)28-20-12-6-5-11-19(20)27-21/h1-12H,13-14H2,(H,25,27)(H,26,28). The second kappa shape index (κ2) is 8.46. The first-order valence-electron chi connectivity index (χ1n) is 8.92. The summed E-state index contributed by atoms with van der Waals surface area (Å²) in [6.45, 7) is 1.10. The Kier molecular flexibility index (Phi) is 5.60. The summed E-state index contributed by atoms with van der Waals surface area (Å²) < 4.78 is 0. The molecule has 0 aliphatic rings. The van der Waals surface area contributed by atoms with Crippen LogP contribution < -0.4 is 10.6 Å². The van der Waals surface area contributed by atoms with Crippen molar-refractivity contribution in [1.29, 1.82) is 0 Å². The molecule has 0 saturated heterocycles. The Labute approximate surface area is 173 Å². The van der Waals surface area contributed by atoms with Crippen LogP contribution in [0.15, 0.2) is 72.8 Å². The summed E-state index contributed by atoms with van der Waals surface area (Å²) in [5, 5.41) is 8.15. The van der Waals surface area contributed by atoms with Gasteiger partial charge in [0.05, 0.1) is 11.0 Å². The van der Waals surface area contributed by atoms with Gasteiger partial charge in [0.2, 0.25) is 0 Å². The lowest BCUT2D eigenvalue weighted by Gasteiger charge is -2.14. The van der Waals surface area contributed by atoms with E-state index < -0.39 is 0 Å². The lowest BCUT2D eigenvalue weighted by atomic mass is 10.2. The first-order valence-corrected chi connectivity index (χ1v) is 9.67. The van der Waals surface area contributed by atoms with E-state index in [0.29, 0.717) is 34.8 Å². The smallest absolute Gasteiger partial charge is 0.170 e. The number of nitrogens with zero attached hydrogens (tertiary/aromatic N) is 2. The summed E-state index contributed by atoms with van der Waals surface area (Å²) in [6.07, 6.45) is 0. The minimum Gasteiger partial charge on any atom is -0.363 e. The third-order valence-corrected chi connectivity index (χ3v) is 5.12. The highest BCUT2D eigenvalue weighted by atomic mass is 35.5. The first-order chi connectivity index (χ1) is 13.7. The molecule has 0 amide bonds. The first kappa shape index (κ1) is 18.5. The molecule has 0 bridgehead atoms. The van der Waals surface area contributed by atoms with Gasteiger partial charge in [-0.25, -0.2) is 9.97 Å². The monoisotopic (exact) mass is 408 g/mol. The molecular formula is C22H18Cl2N4. The largest absolute Gasteiger partial charge is 0.363 e. The van der Waals surface area contributed by atoms with Gasteiger partial charge in [-0.2, -0.15) is 0 Å². The molecule has 1 aromatic heterocycles. The van der Waals surface area contributed by atoms with E-state index in [2.05, 4.69) is 10.6 Å². The third-order valence-electron chi connectivity index (χ3n) is 4.38. The van der Waals surface area contributed by atoms with E-state index >= 15 is 0 Å². The summed E-state index contributed by atoms with van der Waals surface area (Å²) in [5.41, 5.74) is 3.65. The number of para-hydroxylation sites is 2. The lowest BCUT2D eigenvalue weighted by molar-refractivity contribution is 1.07. The fourth-order valence-corrected chi connectivity index (χ4v) is 3.29. The summed E-state index contributed by atoms with van der Waals surface area (Å²) in [6, 6.07) is 23.3. The third kappa shape index (κ3) is 4.19. The van der Waals surface area contributed by atoms with E-state index in [1.807, 2.05) is 72.8 Å². The van der Waals surface area contributed by atoms with Crippen LogP contribution in [0.5, 0.6) is 0 Å². The van der Waals surface area contributed by atoms with Crippen LogP contribution in [-0.4, -0.2) is 9.97 Å². The van der Waals surface area contributed by atoms with Crippen molar-refractivity contribution in [2.24, 2.45) is 0 Å². The van der Waals surface area contributed by atoms with Gasteiger partial charge in [-0.05, 0) is 35.4 Å². The zero-order valence-electron chi connectivity index (χ0n) is 15.0. The van der Waals surface area contributed by atoms with Crippen LogP contribution in [0.25, 0.3) is 11.0 Å². The van der Waals surface area contributed by atoms with Gasteiger partial charge in [-0.1, -0.05) is 71.7 Å². The molecule has 0 aliphatic heterocycles. The molecule has 3 aromatic carbocycles. The fourth-order valence-electron chi connectivity index (χ4n) is 2.89. The molecule has 2 N–H and O–H groups in total. The molecule has 0 radical (unpaired) electrons. The number of benzene rings is 3. The normalized spacial score (nSPS) is 10.8. The number of hydrogen-bond donors (Lipinski definition) is 2. The van der Waals surface area contributed by atoms with E-state index in [0.717, 1.165) is 22.2 Å². The maximum absolute atomic E-state index is 6.28. The van der Waals surface area contributed by atoms with Crippen molar-refractivity contribution in [1.82, 2.24) is 9.97 Å². The molecule has 6 heteroatoms. The molecule has 0 unspecified atom stereocenters. The average molecular weight is 409 g/mol. The lowest BCUT2D eigenvalue weighted by Crippen LogP contribution is -2.09. The summed E-state index contributed by atoms with van der Waals surface area (Å²) in [4.78, 5) is 9.48. The van der Waals surface area contributed by atoms with Crippen molar-refractivity contribution in [2.45, 2.75) is 13.1 Å². The van der Waals surface area contributed by atoms with E-state index in [-0.39, 0.29) is 0 Å². The average Bonchev–Trinajstić information content (AvgIpc) is 2.72. The van der Waals surface area contributed by atoms with Crippen LogP contribution in [0.4, 0.5) is 11.6 Å². The quantitative estimate of drug-likeness (QED) is 0.400. The number of anilines is 2. The van der Waals surface area contributed by atoms with E-state index in [1.54, 1.807) is 0 Å². The molecule has 0 saturated carbocycles. The summed E-state index contributed by atoms with van der Waals surface area (Å²) in [7, 11) is 0. The Bertz CT molecular complexity index is 1030. The molecule has 0 spiro atoms. The van der Waals surface area contributed by atoms with Crippen LogP contribution in [0.1, 0.15) is 11.1 Å². The Hall–Kier alpha value is -2.82. The zero-order chi connectivity index (χ0) is 19.3. The molecule has 4 nitrogen and oxygen atoms in total. The van der Waals surface area contributed by atoms with Gasteiger partial charge in [0.25, 0.3) is 0 Å². The topological polar surface area (TPSA) is 49.8 Å². The second-order valence-electron chi connectivity index (χ2n) is 6.30. The Morgan fingerprint density at radius 1 is 0.571 bits per heavy atom. The van der Waals surface area contributed by atoms with Crippen molar-refractivity contribution in [3.63, 3.8) is 0 Å². The van der Waals surface area contributed by atoms with Crippen molar-refractivity contribution < 1.29 is 0 Å². The predicted octanol–water partition coefficient (Wildman–Crippen LogP) is 6.16. The summed E-state index contributed by atoms with van der Waals surface area (Å²) in [5.74, 6) is 1.34. The Morgan fingerprint density at radius 2 is 0.964 bits per heavy atom. The van der Waals surface area contributed by atoms with E-state index in [1.165, 1.54) is 0 Å². The highest BCUT2D eigenvalue weighted by Crippen LogP contribution is 2.25. The fraction of sp³-hybridized carbons (Fsp3) is 0.0909. The van der Waals surface area contributed by atoms with Gasteiger partial charge in [0.15, 0.2) is 11.6 Å². The number of nitrogens with one attached hydrogen (secondary N) is 2. The van der Waals surface area contributed by atoms with Crippen LogP contribution in [0.2, 0.25) is 10.0 Å². The van der Waals surface area contributed by atoms with E-state index in [9.17, 15) is 0 Å². The molecule has 1 heterocycles. The second-order valence-corrected chi connectivity index (χ2v) is 7.11. The Morgan fingerprint density at radius 3 is 1.39 bits per heavy atom. The van der Waals surface area contributed by atoms with Gasteiger partial charge in [-0.3, -0.25) is 0 Å². The molecule has 28 heavy (non-hydrogen) atoms.